The lowest BCUT2D eigenvalue weighted by Crippen LogP contribution is -2.30. The van der Waals surface area contributed by atoms with Crippen molar-refractivity contribution in [3.63, 3.8) is 0 Å². The molecule has 29 heavy (non-hydrogen) atoms. The average Bonchev–Trinajstić information content (AvgIpc) is 2.96. The van der Waals surface area contributed by atoms with Gasteiger partial charge in [0.1, 0.15) is 17.3 Å². The first-order chi connectivity index (χ1) is 13.9. The average molecular weight is 416 g/mol. The third kappa shape index (κ3) is 3.93. The van der Waals surface area contributed by atoms with Gasteiger partial charge in [-0.05, 0) is 42.3 Å². The SMILES string of the molecule is CCCCN1C(=O)C(=O)/C(=C(/O)c2cc(Cl)ccc2OC)C1c1cccc(O)c1. The van der Waals surface area contributed by atoms with Crippen LogP contribution in [0.4, 0.5) is 0 Å². The van der Waals surface area contributed by atoms with E-state index in [0.717, 1.165) is 6.42 Å². The highest BCUT2D eigenvalue weighted by atomic mass is 35.5. The van der Waals surface area contributed by atoms with Gasteiger partial charge in [-0.3, -0.25) is 9.59 Å². The van der Waals surface area contributed by atoms with Crippen molar-refractivity contribution in [2.75, 3.05) is 13.7 Å². The van der Waals surface area contributed by atoms with Crippen molar-refractivity contribution in [2.45, 2.75) is 25.8 Å². The summed E-state index contributed by atoms with van der Waals surface area (Å²) in [7, 11) is 1.44. The Morgan fingerprint density at radius 1 is 1.21 bits per heavy atom. The van der Waals surface area contributed by atoms with E-state index in [1.54, 1.807) is 24.3 Å². The van der Waals surface area contributed by atoms with Gasteiger partial charge < -0.3 is 19.8 Å². The minimum atomic E-state index is -0.822. The van der Waals surface area contributed by atoms with Gasteiger partial charge >= 0.3 is 0 Å². The fourth-order valence-electron chi connectivity index (χ4n) is 3.49. The Morgan fingerprint density at radius 2 is 1.97 bits per heavy atom. The number of halogens is 1. The maximum absolute atomic E-state index is 12.9. The van der Waals surface area contributed by atoms with Crippen molar-refractivity contribution < 1.29 is 24.5 Å². The summed E-state index contributed by atoms with van der Waals surface area (Å²) in [5.74, 6) is -1.51. The van der Waals surface area contributed by atoms with Gasteiger partial charge in [0.25, 0.3) is 11.7 Å². The molecule has 1 heterocycles. The van der Waals surface area contributed by atoms with Crippen molar-refractivity contribution in [1.82, 2.24) is 4.90 Å². The van der Waals surface area contributed by atoms with Gasteiger partial charge in [0.05, 0.1) is 24.3 Å². The van der Waals surface area contributed by atoms with E-state index < -0.39 is 17.7 Å². The summed E-state index contributed by atoms with van der Waals surface area (Å²) in [6, 6.07) is 10.2. The molecule has 0 aliphatic carbocycles. The van der Waals surface area contributed by atoms with Crippen LogP contribution in [0.1, 0.15) is 36.9 Å². The lowest BCUT2D eigenvalue weighted by atomic mass is 9.94. The number of aliphatic hydroxyl groups is 1. The molecule has 1 saturated heterocycles. The van der Waals surface area contributed by atoms with Gasteiger partial charge in [0.2, 0.25) is 0 Å². The van der Waals surface area contributed by atoms with E-state index in [4.69, 9.17) is 16.3 Å². The Bertz CT molecular complexity index is 985. The summed E-state index contributed by atoms with van der Waals surface area (Å²) in [5, 5.41) is 21.3. The second-order valence-corrected chi connectivity index (χ2v) is 7.22. The number of hydrogen-bond donors (Lipinski definition) is 2. The highest BCUT2D eigenvalue weighted by Crippen LogP contribution is 2.42. The topological polar surface area (TPSA) is 87.1 Å². The minimum absolute atomic E-state index is 0.00363. The summed E-state index contributed by atoms with van der Waals surface area (Å²) in [5.41, 5.74) is 0.693. The molecule has 0 saturated carbocycles. The number of phenolic OH excluding ortho intramolecular Hbond substituents is 1. The van der Waals surface area contributed by atoms with Crippen LogP contribution in [-0.2, 0) is 9.59 Å². The predicted octanol–water partition coefficient (Wildman–Crippen LogP) is 4.28. The number of aromatic hydroxyl groups is 1. The molecule has 2 aromatic rings. The molecular formula is C22H22ClNO5. The summed E-state index contributed by atoms with van der Waals surface area (Å²) in [6.07, 6.45) is 1.53. The first-order valence-electron chi connectivity index (χ1n) is 9.30. The summed E-state index contributed by atoms with van der Waals surface area (Å²) in [6.45, 7) is 2.33. The molecule has 2 N–H and O–H groups in total. The van der Waals surface area contributed by atoms with Crippen LogP contribution in [0.25, 0.3) is 5.76 Å². The number of carbonyl (C=O) groups excluding carboxylic acids is 2. The number of Topliss-reactive ketones (excluding diaryl/α,β-unsaturated/α-hetero) is 1. The number of rotatable bonds is 6. The van der Waals surface area contributed by atoms with E-state index in [-0.39, 0.29) is 22.6 Å². The van der Waals surface area contributed by atoms with Crippen molar-refractivity contribution in [3.8, 4) is 11.5 Å². The molecule has 0 spiro atoms. The maximum Gasteiger partial charge on any atom is 0.295 e. The molecule has 1 aliphatic heterocycles. The smallest absolute Gasteiger partial charge is 0.295 e. The molecule has 3 rings (SSSR count). The zero-order chi connectivity index (χ0) is 21.1. The maximum atomic E-state index is 12.9. The highest BCUT2D eigenvalue weighted by Gasteiger charge is 2.46. The largest absolute Gasteiger partial charge is 0.508 e. The predicted molar refractivity (Wildman–Crippen MR) is 110 cm³/mol. The summed E-state index contributed by atoms with van der Waals surface area (Å²) in [4.78, 5) is 27.1. The number of amides is 1. The molecule has 2 aromatic carbocycles. The van der Waals surface area contributed by atoms with Crippen molar-refractivity contribution in [3.05, 3.63) is 64.2 Å². The van der Waals surface area contributed by atoms with Crippen molar-refractivity contribution >= 4 is 29.1 Å². The molecular weight excluding hydrogens is 394 g/mol. The molecule has 0 radical (unpaired) electrons. The fourth-order valence-corrected chi connectivity index (χ4v) is 3.66. The van der Waals surface area contributed by atoms with Crippen LogP contribution in [0.15, 0.2) is 48.0 Å². The highest BCUT2D eigenvalue weighted by molar-refractivity contribution is 6.46. The quantitative estimate of drug-likeness (QED) is 0.418. The number of methoxy groups -OCH3 is 1. The van der Waals surface area contributed by atoms with Gasteiger partial charge in [-0.2, -0.15) is 0 Å². The minimum Gasteiger partial charge on any atom is -0.508 e. The van der Waals surface area contributed by atoms with Crippen LogP contribution in [0, 0.1) is 0 Å². The molecule has 0 bridgehead atoms. The molecule has 6 nitrogen and oxygen atoms in total. The molecule has 152 valence electrons. The Balaban J connectivity index is 2.23. The van der Waals surface area contributed by atoms with Crippen LogP contribution in [0.3, 0.4) is 0 Å². The Hall–Kier alpha value is -2.99. The molecule has 0 aromatic heterocycles. The van der Waals surface area contributed by atoms with Crippen LogP contribution in [0.5, 0.6) is 11.5 Å². The third-order valence-electron chi connectivity index (χ3n) is 4.90. The number of benzene rings is 2. The number of unbranched alkanes of at least 4 members (excludes halogenated alkanes) is 1. The standard InChI is InChI=1S/C22H22ClNO5/c1-3-4-10-24-19(13-6-5-7-15(25)11-13)18(21(27)22(24)28)20(26)16-12-14(23)8-9-17(16)29-2/h5-9,11-12,19,25-26H,3-4,10H2,1-2H3/b20-18+. The van der Waals surface area contributed by atoms with E-state index >= 15 is 0 Å². The number of aliphatic hydroxyl groups excluding tert-OH is 1. The number of ketones is 1. The van der Waals surface area contributed by atoms with Crippen molar-refractivity contribution in [1.29, 1.82) is 0 Å². The number of carbonyl (C=O) groups is 2. The van der Waals surface area contributed by atoms with Crippen LogP contribution in [-0.4, -0.2) is 40.5 Å². The lowest BCUT2D eigenvalue weighted by molar-refractivity contribution is -0.139. The number of ether oxygens (including phenoxy) is 1. The number of nitrogens with zero attached hydrogens (tertiary/aromatic N) is 1. The summed E-state index contributed by atoms with van der Waals surface area (Å²) < 4.78 is 5.29. The van der Waals surface area contributed by atoms with E-state index in [1.165, 1.54) is 30.2 Å². The summed E-state index contributed by atoms with van der Waals surface area (Å²) >= 11 is 6.08. The Kier molecular flexibility index (Phi) is 6.13. The van der Waals surface area contributed by atoms with Gasteiger partial charge in [-0.15, -0.1) is 0 Å². The zero-order valence-corrected chi connectivity index (χ0v) is 16.9. The van der Waals surface area contributed by atoms with Gasteiger partial charge in [-0.25, -0.2) is 0 Å². The van der Waals surface area contributed by atoms with Crippen LogP contribution >= 0.6 is 11.6 Å². The normalized spacial score (nSPS) is 18.3. The van der Waals surface area contributed by atoms with E-state index in [1.807, 2.05) is 6.92 Å². The monoisotopic (exact) mass is 415 g/mol. The van der Waals surface area contributed by atoms with Crippen LogP contribution < -0.4 is 4.74 Å². The van der Waals surface area contributed by atoms with E-state index in [9.17, 15) is 19.8 Å². The zero-order valence-electron chi connectivity index (χ0n) is 16.2. The number of hydrogen-bond acceptors (Lipinski definition) is 5. The molecule has 7 heteroatoms. The van der Waals surface area contributed by atoms with Gasteiger partial charge in [0.15, 0.2) is 0 Å². The Morgan fingerprint density at radius 3 is 2.62 bits per heavy atom. The van der Waals surface area contributed by atoms with Gasteiger partial charge in [-0.1, -0.05) is 37.1 Å². The fraction of sp³-hybridized carbons (Fsp3) is 0.273. The van der Waals surface area contributed by atoms with E-state index in [2.05, 4.69) is 0 Å². The molecule has 1 amide bonds. The molecule has 1 atom stereocenters. The molecule has 1 unspecified atom stereocenters. The number of phenols is 1. The Labute approximate surface area is 174 Å². The van der Waals surface area contributed by atoms with Crippen molar-refractivity contribution in [2.24, 2.45) is 0 Å². The van der Waals surface area contributed by atoms with Gasteiger partial charge in [0, 0.05) is 11.6 Å². The lowest BCUT2D eigenvalue weighted by Gasteiger charge is -2.25. The van der Waals surface area contributed by atoms with E-state index in [0.29, 0.717) is 29.3 Å². The van der Waals surface area contributed by atoms with Crippen LogP contribution in [0.2, 0.25) is 5.02 Å². The first-order valence-corrected chi connectivity index (χ1v) is 9.68. The second kappa shape index (κ2) is 8.57. The third-order valence-corrected chi connectivity index (χ3v) is 5.13. The second-order valence-electron chi connectivity index (χ2n) is 6.79. The molecule has 1 aliphatic rings. The first kappa shape index (κ1) is 20.7. The molecule has 1 fully saturated rings. The number of likely N-dealkylation sites (tertiary alicyclic amines) is 1.